The van der Waals surface area contributed by atoms with Crippen molar-refractivity contribution in [3.8, 4) is 34.1 Å². The predicted octanol–water partition coefficient (Wildman–Crippen LogP) is 3.69. The van der Waals surface area contributed by atoms with Crippen molar-refractivity contribution in [2.45, 2.75) is 12.8 Å². The predicted molar refractivity (Wildman–Crippen MR) is 122 cm³/mol. The Labute approximate surface area is 183 Å². The lowest BCUT2D eigenvalue weighted by molar-refractivity contribution is 0.247. The summed E-state index contributed by atoms with van der Waals surface area (Å²) in [7, 11) is 3.27. The molecule has 3 aromatic rings. The first-order valence-corrected chi connectivity index (χ1v) is 10.9. The molecule has 0 amide bonds. The number of aromatic nitrogens is 3. The Kier molecular flexibility index (Phi) is 5.51. The van der Waals surface area contributed by atoms with Gasteiger partial charge in [-0.15, -0.1) is 0 Å². The summed E-state index contributed by atoms with van der Waals surface area (Å²) in [5.74, 6) is 4.21. The Hall–Kier alpha value is -3.06. The van der Waals surface area contributed by atoms with Gasteiger partial charge in [-0.25, -0.2) is 9.97 Å². The minimum absolute atomic E-state index is 0.694. The van der Waals surface area contributed by atoms with E-state index >= 15 is 0 Å². The molecule has 2 aliphatic rings. The highest BCUT2D eigenvalue weighted by molar-refractivity contribution is 5.67. The highest BCUT2D eigenvalue weighted by Gasteiger charge is 2.26. The van der Waals surface area contributed by atoms with Gasteiger partial charge in [0.15, 0.2) is 11.5 Å². The second kappa shape index (κ2) is 8.59. The zero-order chi connectivity index (χ0) is 21.2. The lowest BCUT2D eigenvalue weighted by Gasteiger charge is -2.35. The van der Waals surface area contributed by atoms with Crippen LogP contribution >= 0.6 is 0 Å². The van der Waals surface area contributed by atoms with Crippen LogP contribution in [-0.2, 0) is 0 Å². The molecule has 1 aliphatic heterocycles. The van der Waals surface area contributed by atoms with Crippen molar-refractivity contribution in [2.24, 2.45) is 5.92 Å². The number of hydrogen-bond donors (Lipinski definition) is 1. The van der Waals surface area contributed by atoms with E-state index in [0.717, 1.165) is 60.6 Å². The Morgan fingerprint density at radius 3 is 2.35 bits per heavy atom. The molecule has 2 aromatic heterocycles. The summed E-state index contributed by atoms with van der Waals surface area (Å²) in [6, 6.07) is 10.0. The summed E-state index contributed by atoms with van der Waals surface area (Å²) < 4.78 is 10.7. The molecule has 3 heterocycles. The molecule has 2 fully saturated rings. The van der Waals surface area contributed by atoms with Crippen LogP contribution in [0.25, 0.3) is 22.6 Å². The number of pyridine rings is 1. The molecule has 1 saturated carbocycles. The fourth-order valence-electron chi connectivity index (χ4n) is 4.16. The highest BCUT2D eigenvalue weighted by atomic mass is 16.5. The maximum Gasteiger partial charge on any atom is 0.161 e. The van der Waals surface area contributed by atoms with E-state index in [4.69, 9.17) is 14.5 Å². The molecule has 31 heavy (non-hydrogen) atoms. The van der Waals surface area contributed by atoms with Crippen molar-refractivity contribution in [1.82, 2.24) is 19.9 Å². The number of imidazole rings is 1. The van der Waals surface area contributed by atoms with Gasteiger partial charge in [0.05, 0.1) is 26.1 Å². The van der Waals surface area contributed by atoms with Gasteiger partial charge < -0.3 is 19.4 Å². The zero-order valence-electron chi connectivity index (χ0n) is 18.2. The molecule has 5 rings (SSSR count). The quantitative estimate of drug-likeness (QED) is 0.630. The first kappa shape index (κ1) is 19.9. The van der Waals surface area contributed by atoms with E-state index in [1.54, 1.807) is 14.2 Å². The number of benzene rings is 1. The van der Waals surface area contributed by atoms with Crippen LogP contribution in [0.3, 0.4) is 0 Å². The van der Waals surface area contributed by atoms with Gasteiger partial charge in [-0.05, 0) is 49.1 Å². The minimum atomic E-state index is 0.694. The molecule has 1 N–H and O–H groups in total. The minimum Gasteiger partial charge on any atom is -0.493 e. The van der Waals surface area contributed by atoms with Gasteiger partial charge in [-0.3, -0.25) is 4.90 Å². The fraction of sp³-hybridized carbons (Fsp3) is 0.417. The third kappa shape index (κ3) is 4.37. The number of ether oxygens (including phenoxy) is 2. The van der Waals surface area contributed by atoms with Crippen molar-refractivity contribution in [3.63, 3.8) is 0 Å². The van der Waals surface area contributed by atoms with Crippen molar-refractivity contribution in [3.05, 3.63) is 42.7 Å². The van der Waals surface area contributed by atoms with Gasteiger partial charge in [0.2, 0.25) is 0 Å². The van der Waals surface area contributed by atoms with Crippen molar-refractivity contribution in [2.75, 3.05) is 51.8 Å². The first-order valence-electron chi connectivity index (χ1n) is 10.9. The van der Waals surface area contributed by atoms with E-state index in [9.17, 15) is 0 Å². The number of nitrogens with one attached hydrogen (secondary N) is 1. The van der Waals surface area contributed by atoms with E-state index in [-0.39, 0.29) is 0 Å². The second-order valence-corrected chi connectivity index (χ2v) is 8.35. The largest absolute Gasteiger partial charge is 0.493 e. The monoisotopic (exact) mass is 419 g/mol. The zero-order valence-corrected chi connectivity index (χ0v) is 18.2. The van der Waals surface area contributed by atoms with Crippen LogP contribution in [0.5, 0.6) is 11.5 Å². The molecule has 0 unspecified atom stereocenters. The number of rotatable bonds is 7. The van der Waals surface area contributed by atoms with Gasteiger partial charge in [-0.2, -0.15) is 0 Å². The lowest BCUT2D eigenvalue weighted by Crippen LogP contribution is -2.47. The third-order valence-corrected chi connectivity index (χ3v) is 6.20. The fourth-order valence-corrected chi connectivity index (χ4v) is 4.16. The summed E-state index contributed by atoms with van der Waals surface area (Å²) in [5.41, 5.74) is 2.89. The normalized spacial score (nSPS) is 17.0. The number of hydrogen-bond acceptors (Lipinski definition) is 6. The number of H-pyrrole nitrogens is 1. The molecule has 0 radical (unpaired) electrons. The molecule has 1 saturated heterocycles. The Morgan fingerprint density at radius 1 is 0.903 bits per heavy atom. The maximum atomic E-state index is 5.41. The average Bonchev–Trinajstić information content (AvgIpc) is 3.50. The molecule has 1 aliphatic carbocycles. The molecular formula is C24H29N5O2. The van der Waals surface area contributed by atoms with E-state index < -0.39 is 0 Å². The van der Waals surface area contributed by atoms with Crippen LogP contribution in [0.1, 0.15) is 12.8 Å². The Morgan fingerprint density at radius 2 is 1.68 bits per heavy atom. The van der Waals surface area contributed by atoms with Gasteiger partial charge >= 0.3 is 0 Å². The van der Waals surface area contributed by atoms with Crippen LogP contribution in [0.2, 0.25) is 0 Å². The van der Waals surface area contributed by atoms with Gasteiger partial charge in [0, 0.05) is 50.0 Å². The molecule has 162 valence electrons. The van der Waals surface area contributed by atoms with Crippen molar-refractivity contribution >= 4 is 5.82 Å². The summed E-state index contributed by atoms with van der Waals surface area (Å²) in [4.78, 5) is 17.7. The lowest BCUT2D eigenvalue weighted by atomic mass is 10.1. The van der Waals surface area contributed by atoms with Crippen LogP contribution < -0.4 is 14.4 Å². The summed E-state index contributed by atoms with van der Waals surface area (Å²) >= 11 is 0. The SMILES string of the molecule is COc1ccc(-c2cnc(-c3ccc(N4CCN(CC5CC5)CC4)nc3)[nH]2)cc1OC. The molecule has 0 spiro atoms. The average molecular weight is 420 g/mol. The number of piperazine rings is 1. The van der Waals surface area contributed by atoms with E-state index in [2.05, 4.69) is 31.9 Å². The van der Waals surface area contributed by atoms with E-state index in [0.29, 0.717) is 11.5 Å². The summed E-state index contributed by atoms with van der Waals surface area (Å²) in [6.45, 7) is 5.63. The van der Waals surface area contributed by atoms with Crippen LogP contribution in [0, 0.1) is 5.92 Å². The Balaban J connectivity index is 1.26. The van der Waals surface area contributed by atoms with Gasteiger partial charge in [0.25, 0.3) is 0 Å². The number of anilines is 1. The molecule has 7 heteroatoms. The summed E-state index contributed by atoms with van der Waals surface area (Å²) in [6.07, 6.45) is 6.58. The Bertz CT molecular complexity index is 1020. The van der Waals surface area contributed by atoms with Crippen LogP contribution in [-0.4, -0.2) is 66.8 Å². The van der Waals surface area contributed by atoms with Crippen molar-refractivity contribution in [1.29, 1.82) is 0 Å². The molecular weight excluding hydrogens is 390 g/mol. The van der Waals surface area contributed by atoms with E-state index in [1.165, 1.54) is 19.4 Å². The summed E-state index contributed by atoms with van der Waals surface area (Å²) in [5, 5.41) is 0. The van der Waals surface area contributed by atoms with Crippen molar-refractivity contribution < 1.29 is 9.47 Å². The second-order valence-electron chi connectivity index (χ2n) is 8.35. The molecule has 1 aromatic carbocycles. The highest BCUT2D eigenvalue weighted by Crippen LogP contribution is 2.33. The standard InChI is InChI=1S/C24H29N5O2/c1-30-21-7-5-18(13-22(21)31-2)20-15-26-24(27-20)19-6-8-23(25-14-19)29-11-9-28(10-12-29)16-17-3-4-17/h5-8,13-15,17H,3-4,9-12,16H2,1-2H3,(H,26,27). The maximum absolute atomic E-state index is 5.41. The van der Waals surface area contributed by atoms with Crippen LogP contribution in [0.4, 0.5) is 5.82 Å². The van der Waals surface area contributed by atoms with Gasteiger partial charge in [0.1, 0.15) is 11.6 Å². The molecule has 0 bridgehead atoms. The topological polar surface area (TPSA) is 66.5 Å². The molecule has 7 nitrogen and oxygen atoms in total. The number of methoxy groups -OCH3 is 2. The number of aromatic amines is 1. The first-order chi connectivity index (χ1) is 15.2. The van der Waals surface area contributed by atoms with Crippen LogP contribution in [0.15, 0.2) is 42.7 Å². The smallest absolute Gasteiger partial charge is 0.161 e. The van der Waals surface area contributed by atoms with E-state index in [1.807, 2.05) is 30.6 Å². The van der Waals surface area contributed by atoms with Gasteiger partial charge in [-0.1, -0.05) is 0 Å². The third-order valence-electron chi connectivity index (χ3n) is 6.20. The number of nitrogens with zero attached hydrogens (tertiary/aromatic N) is 4. The molecule has 0 atom stereocenters.